The van der Waals surface area contributed by atoms with Gasteiger partial charge in [-0.1, -0.05) is 44.2 Å². The molecule has 1 aromatic heterocycles. The number of carbonyl (C=O) groups is 2. The highest BCUT2D eigenvalue weighted by Gasteiger charge is 2.70. The van der Waals surface area contributed by atoms with Gasteiger partial charge in [-0.2, -0.15) is 0 Å². The van der Waals surface area contributed by atoms with Crippen molar-refractivity contribution in [1.29, 1.82) is 0 Å². The molecule has 0 aliphatic carbocycles. The Labute approximate surface area is 233 Å². The molecule has 4 aromatic rings. The van der Waals surface area contributed by atoms with Crippen LogP contribution in [0.15, 0.2) is 71.5 Å². The highest BCUT2D eigenvalue weighted by Crippen LogP contribution is 2.57. The monoisotopic (exact) mass is 551 g/mol. The van der Waals surface area contributed by atoms with Crippen LogP contribution >= 0.6 is 0 Å². The molecule has 3 aliphatic rings. The van der Waals surface area contributed by atoms with E-state index in [0.29, 0.717) is 28.0 Å². The third kappa shape index (κ3) is 3.12. The smallest absolute Gasteiger partial charge is 0.271 e. The molecule has 0 bridgehead atoms. The summed E-state index contributed by atoms with van der Waals surface area (Å²) in [5, 5.41) is 15.7. The van der Waals surface area contributed by atoms with Gasteiger partial charge in [0.2, 0.25) is 11.8 Å². The van der Waals surface area contributed by atoms with E-state index in [2.05, 4.69) is 5.32 Å². The van der Waals surface area contributed by atoms with Crippen molar-refractivity contribution >= 4 is 34.1 Å². The van der Waals surface area contributed by atoms with Crippen molar-refractivity contribution in [2.24, 2.45) is 17.8 Å². The minimum Gasteiger partial charge on any atom is -0.495 e. The Hall–Kier alpha value is -4.90. The molecule has 3 aliphatic heterocycles. The topological polar surface area (TPSA) is 137 Å². The average Bonchev–Trinajstić information content (AvgIpc) is 3.56. The lowest BCUT2D eigenvalue weighted by Crippen LogP contribution is -2.51. The van der Waals surface area contributed by atoms with Crippen LogP contribution in [0.2, 0.25) is 0 Å². The fourth-order valence-corrected chi connectivity index (χ4v) is 6.93. The highest BCUT2D eigenvalue weighted by molar-refractivity contribution is 6.24. The van der Waals surface area contributed by atoms with Gasteiger partial charge < -0.3 is 4.74 Å². The zero-order valence-corrected chi connectivity index (χ0v) is 22.4. The molecule has 0 unspecified atom stereocenters. The summed E-state index contributed by atoms with van der Waals surface area (Å²) in [5.41, 5.74) is -0.0806. The third-order valence-electron chi connectivity index (χ3n) is 8.63. The fraction of sp³-hybridized carbons (Fsp3) is 0.267. The van der Waals surface area contributed by atoms with E-state index in [-0.39, 0.29) is 28.6 Å². The maximum atomic E-state index is 14.6. The van der Waals surface area contributed by atoms with Crippen molar-refractivity contribution in [3.8, 4) is 11.4 Å². The Bertz CT molecular complexity index is 1880. The molecule has 0 saturated carbocycles. The molecular formula is C30H25N5O6. The number of para-hydroxylation sites is 2. The number of nitrogens with one attached hydrogen (secondary N) is 1. The first-order valence-corrected chi connectivity index (χ1v) is 13.3. The van der Waals surface area contributed by atoms with Crippen LogP contribution in [-0.2, 0) is 15.1 Å². The zero-order valence-electron chi connectivity index (χ0n) is 22.4. The van der Waals surface area contributed by atoms with Crippen molar-refractivity contribution in [2.45, 2.75) is 25.4 Å². The zero-order chi connectivity index (χ0) is 28.8. The summed E-state index contributed by atoms with van der Waals surface area (Å²) in [5.74, 6) is -2.41. The molecule has 2 saturated heterocycles. The van der Waals surface area contributed by atoms with E-state index in [1.54, 1.807) is 28.8 Å². The Morgan fingerprint density at radius 1 is 1.00 bits per heavy atom. The van der Waals surface area contributed by atoms with E-state index >= 15 is 0 Å². The molecule has 1 N–H and O–H groups in total. The number of rotatable bonds is 4. The largest absolute Gasteiger partial charge is 0.495 e. The summed E-state index contributed by atoms with van der Waals surface area (Å²) < 4.78 is 6.98. The summed E-state index contributed by atoms with van der Waals surface area (Å²) in [7, 11) is 1.38. The van der Waals surface area contributed by atoms with E-state index in [9.17, 15) is 24.5 Å². The maximum absolute atomic E-state index is 14.6. The van der Waals surface area contributed by atoms with Gasteiger partial charge >= 0.3 is 0 Å². The van der Waals surface area contributed by atoms with Gasteiger partial charge in [-0.05, 0) is 30.2 Å². The van der Waals surface area contributed by atoms with Crippen LogP contribution < -0.4 is 20.5 Å². The lowest BCUT2D eigenvalue weighted by molar-refractivity contribution is -0.384. The molecule has 4 heterocycles. The van der Waals surface area contributed by atoms with Crippen LogP contribution in [0, 0.1) is 27.9 Å². The molecule has 41 heavy (non-hydrogen) atoms. The number of carbonyl (C=O) groups excluding carboxylic acids is 2. The second-order valence-corrected chi connectivity index (χ2v) is 11.0. The predicted octanol–water partition coefficient (Wildman–Crippen LogP) is 3.29. The van der Waals surface area contributed by atoms with Gasteiger partial charge in [-0.25, -0.2) is 9.88 Å². The third-order valence-corrected chi connectivity index (χ3v) is 8.63. The second kappa shape index (κ2) is 8.55. The van der Waals surface area contributed by atoms with Gasteiger partial charge in [-0.15, -0.1) is 0 Å². The highest BCUT2D eigenvalue weighted by atomic mass is 16.6. The number of nitrogens with zero attached hydrogens (tertiary/aromatic N) is 4. The van der Waals surface area contributed by atoms with Crippen molar-refractivity contribution in [3.05, 3.63) is 98.6 Å². The Morgan fingerprint density at radius 2 is 1.73 bits per heavy atom. The number of fused-ring (bicyclic) bond motifs is 8. The SMILES string of the molecule is COc1ccc([N+](=O)[O-])cc1N1C(=O)[C@@H]2[C@H](C(C)C)N[C@@]3(c4ccccc4-n4c3nc3ccccc3c4=O)[C@H]2C1=O. The molecular weight excluding hydrogens is 526 g/mol. The molecule has 2 amide bonds. The minimum absolute atomic E-state index is 0.0129. The van der Waals surface area contributed by atoms with Crippen LogP contribution in [0.1, 0.15) is 25.2 Å². The summed E-state index contributed by atoms with van der Waals surface area (Å²) in [6, 6.07) is 17.7. The molecule has 7 rings (SSSR count). The van der Waals surface area contributed by atoms with Crippen molar-refractivity contribution in [1.82, 2.24) is 14.9 Å². The maximum Gasteiger partial charge on any atom is 0.271 e. The normalized spacial score (nSPS) is 24.3. The number of methoxy groups -OCH3 is 1. The number of imide groups is 1. The number of non-ortho nitro benzene ring substituents is 1. The van der Waals surface area contributed by atoms with Crippen LogP contribution in [0.5, 0.6) is 5.75 Å². The van der Waals surface area contributed by atoms with Gasteiger partial charge in [0, 0.05) is 23.7 Å². The van der Waals surface area contributed by atoms with Gasteiger partial charge in [0.15, 0.2) is 0 Å². The standard InChI is InChI=1S/C30H25N5O6/c1-15(2)25-23-24(28(38)33(27(23)37)21-14-16(35(39)40)12-13-22(21)41-3)30(32-25)18-9-5-7-11-20(18)34-26(36)17-8-4-6-10-19(17)31-29(30)34/h4-15,23-25,32H,1-3H3/t23-,24+,25-,30-/m0/s1. The number of aromatic nitrogens is 2. The number of hydrogen-bond acceptors (Lipinski definition) is 8. The number of nitro groups is 1. The number of anilines is 1. The van der Waals surface area contributed by atoms with Crippen LogP contribution in [0.25, 0.3) is 16.6 Å². The van der Waals surface area contributed by atoms with Crippen LogP contribution in [-0.4, -0.2) is 39.4 Å². The Balaban J connectivity index is 1.52. The Kier molecular flexibility index (Phi) is 5.23. The molecule has 2 fully saturated rings. The van der Waals surface area contributed by atoms with E-state index in [0.717, 1.165) is 4.90 Å². The first kappa shape index (κ1) is 25.1. The predicted molar refractivity (Wildman–Crippen MR) is 149 cm³/mol. The molecule has 3 aromatic carbocycles. The summed E-state index contributed by atoms with van der Waals surface area (Å²) in [6.07, 6.45) is 0. The van der Waals surface area contributed by atoms with Gasteiger partial charge in [-0.3, -0.25) is 34.4 Å². The minimum atomic E-state index is -1.30. The van der Waals surface area contributed by atoms with E-state index in [4.69, 9.17) is 9.72 Å². The lowest BCUT2D eigenvalue weighted by atomic mass is 9.75. The molecule has 206 valence electrons. The van der Waals surface area contributed by atoms with E-state index in [1.165, 1.54) is 25.3 Å². The van der Waals surface area contributed by atoms with Crippen molar-refractivity contribution in [2.75, 3.05) is 12.0 Å². The molecule has 4 atom stereocenters. The number of benzene rings is 3. The second-order valence-electron chi connectivity index (χ2n) is 11.0. The van der Waals surface area contributed by atoms with Gasteiger partial charge in [0.25, 0.3) is 11.2 Å². The molecule has 11 heteroatoms. The summed E-state index contributed by atoms with van der Waals surface area (Å²) >= 11 is 0. The van der Waals surface area contributed by atoms with Crippen molar-refractivity contribution < 1.29 is 19.2 Å². The van der Waals surface area contributed by atoms with Crippen molar-refractivity contribution in [3.63, 3.8) is 0 Å². The first-order chi connectivity index (χ1) is 19.7. The van der Waals surface area contributed by atoms with E-state index in [1.807, 2.05) is 38.1 Å². The number of ether oxygens (including phenoxy) is 1. The number of nitro benzene ring substituents is 1. The van der Waals surface area contributed by atoms with Gasteiger partial charge in [0.05, 0.1) is 40.5 Å². The average molecular weight is 552 g/mol. The van der Waals surface area contributed by atoms with Crippen LogP contribution in [0.3, 0.4) is 0 Å². The number of hydrogen-bond donors (Lipinski definition) is 1. The quantitative estimate of drug-likeness (QED) is 0.232. The summed E-state index contributed by atoms with van der Waals surface area (Å²) in [6.45, 7) is 3.92. The summed E-state index contributed by atoms with van der Waals surface area (Å²) in [4.78, 5) is 59.7. The lowest BCUT2D eigenvalue weighted by Gasteiger charge is -2.32. The molecule has 11 nitrogen and oxygen atoms in total. The molecule has 1 spiro atoms. The Morgan fingerprint density at radius 3 is 2.46 bits per heavy atom. The number of amides is 2. The molecule has 0 radical (unpaired) electrons. The van der Waals surface area contributed by atoms with Crippen LogP contribution in [0.4, 0.5) is 11.4 Å². The van der Waals surface area contributed by atoms with Gasteiger partial charge in [0.1, 0.15) is 22.8 Å². The first-order valence-electron chi connectivity index (χ1n) is 13.3. The van der Waals surface area contributed by atoms with E-state index < -0.39 is 40.2 Å². The fourth-order valence-electron chi connectivity index (χ4n) is 6.93.